The minimum atomic E-state index is -3.46. The summed E-state index contributed by atoms with van der Waals surface area (Å²) >= 11 is 0. The summed E-state index contributed by atoms with van der Waals surface area (Å²) in [5, 5.41) is 0. The van der Waals surface area contributed by atoms with Gasteiger partial charge in [0.05, 0.1) is 9.80 Å². The van der Waals surface area contributed by atoms with Gasteiger partial charge in [-0.2, -0.15) is 0 Å². The minimum absolute atomic E-state index is 0.334. The number of sulfone groups is 1. The monoisotopic (exact) mass is 335 g/mol. The summed E-state index contributed by atoms with van der Waals surface area (Å²) in [6.07, 6.45) is 12.4. The molecule has 0 aliphatic carbocycles. The Balaban J connectivity index is 2.78. The van der Waals surface area contributed by atoms with E-state index in [-0.39, 0.29) is 0 Å². The van der Waals surface area contributed by atoms with Crippen molar-refractivity contribution in [2.75, 3.05) is 14.1 Å². The van der Waals surface area contributed by atoms with E-state index in [1.54, 1.807) is 41.4 Å². The third-order valence-electron chi connectivity index (χ3n) is 3.51. The Hall–Kier alpha value is -1.55. The van der Waals surface area contributed by atoms with Crippen LogP contribution in [0.3, 0.4) is 0 Å². The van der Waals surface area contributed by atoms with Gasteiger partial charge in [-0.3, -0.25) is 0 Å². The standard InChI is InChI=1S/C19H29NO2S/c1-4-5-6-7-8-9-11-16-19(17-20(2)3)23(21,22)18-14-12-10-13-15-18/h10-17H,4-9H2,1-3H3/b16-11+,19-17+. The smallest absolute Gasteiger partial charge is 0.208 e. The first-order valence-electron chi connectivity index (χ1n) is 8.33. The van der Waals surface area contributed by atoms with Crippen molar-refractivity contribution in [1.82, 2.24) is 4.90 Å². The maximum Gasteiger partial charge on any atom is 0.208 e. The lowest BCUT2D eigenvalue weighted by Gasteiger charge is -2.10. The number of nitrogens with zero attached hydrogens (tertiary/aromatic N) is 1. The van der Waals surface area contributed by atoms with Gasteiger partial charge >= 0.3 is 0 Å². The van der Waals surface area contributed by atoms with Crippen molar-refractivity contribution in [2.45, 2.75) is 50.3 Å². The largest absolute Gasteiger partial charge is 0.382 e. The average Bonchev–Trinajstić information content (AvgIpc) is 2.53. The fourth-order valence-electron chi connectivity index (χ4n) is 2.26. The molecule has 3 nitrogen and oxygen atoms in total. The summed E-state index contributed by atoms with van der Waals surface area (Å²) in [6.45, 7) is 2.20. The topological polar surface area (TPSA) is 37.4 Å². The van der Waals surface area contributed by atoms with Gasteiger partial charge in [0.1, 0.15) is 0 Å². The Morgan fingerprint density at radius 2 is 1.70 bits per heavy atom. The van der Waals surface area contributed by atoms with E-state index in [1.807, 2.05) is 26.2 Å². The van der Waals surface area contributed by atoms with E-state index in [0.29, 0.717) is 9.80 Å². The van der Waals surface area contributed by atoms with Crippen LogP contribution in [0.2, 0.25) is 0 Å². The third kappa shape index (κ3) is 7.04. The van der Waals surface area contributed by atoms with E-state index in [1.165, 1.54) is 25.7 Å². The first-order valence-corrected chi connectivity index (χ1v) is 9.81. The molecule has 0 atom stereocenters. The molecular weight excluding hydrogens is 306 g/mol. The number of benzene rings is 1. The van der Waals surface area contributed by atoms with Gasteiger partial charge in [0.25, 0.3) is 0 Å². The van der Waals surface area contributed by atoms with Crippen LogP contribution in [0.1, 0.15) is 45.4 Å². The molecule has 0 aliphatic rings. The SMILES string of the molecule is CCCCCCC/C=C/C(=C\N(C)C)S(=O)(=O)c1ccccc1. The van der Waals surface area contributed by atoms with Crippen LogP contribution in [0.4, 0.5) is 0 Å². The molecule has 1 aromatic rings. The van der Waals surface area contributed by atoms with E-state index in [4.69, 9.17) is 0 Å². The van der Waals surface area contributed by atoms with Crippen LogP contribution in [-0.4, -0.2) is 27.4 Å². The predicted molar refractivity (Wildman–Crippen MR) is 97.9 cm³/mol. The van der Waals surface area contributed by atoms with Crippen molar-refractivity contribution < 1.29 is 8.42 Å². The zero-order valence-corrected chi connectivity index (χ0v) is 15.3. The van der Waals surface area contributed by atoms with Gasteiger partial charge in [-0.15, -0.1) is 0 Å². The van der Waals surface area contributed by atoms with E-state index >= 15 is 0 Å². The lowest BCUT2D eigenvalue weighted by atomic mass is 10.1. The van der Waals surface area contributed by atoms with E-state index < -0.39 is 9.84 Å². The van der Waals surface area contributed by atoms with Crippen LogP contribution in [0.15, 0.2) is 58.5 Å². The highest BCUT2D eigenvalue weighted by molar-refractivity contribution is 7.95. The van der Waals surface area contributed by atoms with Gasteiger partial charge in [0.15, 0.2) is 0 Å². The van der Waals surface area contributed by atoms with Crippen molar-refractivity contribution >= 4 is 9.84 Å². The second-order valence-corrected chi connectivity index (χ2v) is 7.87. The maximum absolute atomic E-state index is 12.7. The van der Waals surface area contributed by atoms with Crippen molar-refractivity contribution in [3.05, 3.63) is 53.6 Å². The Morgan fingerprint density at radius 3 is 2.30 bits per heavy atom. The summed E-state index contributed by atoms with van der Waals surface area (Å²) < 4.78 is 25.5. The van der Waals surface area contributed by atoms with Crippen LogP contribution in [0.5, 0.6) is 0 Å². The maximum atomic E-state index is 12.7. The predicted octanol–water partition coefficient (Wildman–Crippen LogP) is 4.78. The van der Waals surface area contributed by atoms with Gasteiger partial charge in [0.2, 0.25) is 9.84 Å². The average molecular weight is 336 g/mol. The highest BCUT2D eigenvalue weighted by Crippen LogP contribution is 2.20. The van der Waals surface area contributed by atoms with Gasteiger partial charge in [-0.1, -0.05) is 56.9 Å². The molecule has 0 saturated carbocycles. The summed E-state index contributed by atoms with van der Waals surface area (Å²) in [5.41, 5.74) is 0. The number of allylic oxidation sites excluding steroid dienone is 2. The molecule has 0 aromatic heterocycles. The number of hydrogen-bond acceptors (Lipinski definition) is 3. The van der Waals surface area contributed by atoms with Crippen LogP contribution in [0.25, 0.3) is 0 Å². The Morgan fingerprint density at radius 1 is 1.04 bits per heavy atom. The molecule has 128 valence electrons. The molecule has 0 unspecified atom stereocenters. The molecule has 0 saturated heterocycles. The third-order valence-corrected chi connectivity index (χ3v) is 5.26. The first kappa shape index (κ1) is 19.5. The zero-order chi connectivity index (χ0) is 17.1. The van der Waals surface area contributed by atoms with Crippen molar-refractivity contribution in [3.8, 4) is 0 Å². The quantitative estimate of drug-likeness (QED) is 0.456. The Bertz CT molecular complexity index is 602. The molecule has 1 aromatic carbocycles. The van der Waals surface area contributed by atoms with E-state index in [0.717, 1.165) is 12.8 Å². The number of unbranched alkanes of at least 4 members (excludes halogenated alkanes) is 5. The molecule has 0 amide bonds. The summed E-state index contributed by atoms with van der Waals surface area (Å²) in [4.78, 5) is 2.43. The molecule has 0 spiro atoms. The van der Waals surface area contributed by atoms with Crippen LogP contribution in [0, 0.1) is 0 Å². The Labute approximate surface area is 141 Å². The van der Waals surface area contributed by atoms with Gasteiger partial charge in [-0.05, 0) is 31.1 Å². The van der Waals surface area contributed by atoms with Crippen LogP contribution < -0.4 is 0 Å². The molecule has 0 fully saturated rings. The first-order chi connectivity index (χ1) is 11.0. The molecule has 0 heterocycles. The summed E-state index contributed by atoms with van der Waals surface area (Å²) in [7, 11) is 0.200. The fourth-order valence-corrected chi connectivity index (χ4v) is 3.67. The van der Waals surface area contributed by atoms with Gasteiger partial charge in [0, 0.05) is 20.3 Å². The van der Waals surface area contributed by atoms with Crippen LogP contribution >= 0.6 is 0 Å². The summed E-state index contributed by atoms with van der Waals surface area (Å²) in [6, 6.07) is 8.59. The fraction of sp³-hybridized carbons (Fsp3) is 0.474. The van der Waals surface area contributed by atoms with Crippen molar-refractivity contribution in [2.24, 2.45) is 0 Å². The van der Waals surface area contributed by atoms with Crippen LogP contribution in [-0.2, 0) is 9.84 Å². The molecule has 1 rings (SSSR count). The molecular formula is C19H29NO2S. The lowest BCUT2D eigenvalue weighted by molar-refractivity contribution is 0.558. The number of rotatable bonds is 10. The molecule has 0 aliphatic heterocycles. The number of hydrogen-bond donors (Lipinski definition) is 0. The molecule has 0 bridgehead atoms. The second kappa shape index (κ2) is 10.3. The lowest BCUT2D eigenvalue weighted by Crippen LogP contribution is -2.09. The highest BCUT2D eigenvalue weighted by Gasteiger charge is 2.18. The van der Waals surface area contributed by atoms with E-state index in [2.05, 4.69) is 6.92 Å². The second-order valence-electron chi connectivity index (χ2n) is 5.92. The molecule has 0 radical (unpaired) electrons. The van der Waals surface area contributed by atoms with Gasteiger partial charge in [-0.25, -0.2) is 8.42 Å². The Kier molecular flexibility index (Phi) is 8.70. The van der Waals surface area contributed by atoms with Crippen molar-refractivity contribution in [1.29, 1.82) is 0 Å². The highest BCUT2D eigenvalue weighted by atomic mass is 32.2. The van der Waals surface area contributed by atoms with Gasteiger partial charge < -0.3 is 4.90 Å². The van der Waals surface area contributed by atoms with E-state index in [9.17, 15) is 8.42 Å². The minimum Gasteiger partial charge on any atom is -0.382 e. The van der Waals surface area contributed by atoms with Crippen molar-refractivity contribution in [3.63, 3.8) is 0 Å². The molecule has 4 heteroatoms. The molecule has 0 N–H and O–H groups in total. The normalized spacial score (nSPS) is 12.7. The molecule has 23 heavy (non-hydrogen) atoms. The summed E-state index contributed by atoms with van der Waals surface area (Å²) in [5.74, 6) is 0. The zero-order valence-electron chi connectivity index (χ0n) is 14.5.